The lowest BCUT2D eigenvalue weighted by Gasteiger charge is -2.14. The second kappa shape index (κ2) is 2.74. The third-order valence-electron chi connectivity index (χ3n) is 0.650. The molecular formula is C4H2ClF5. The molecule has 6 heteroatoms. The van der Waals surface area contributed by atoms with E-state index in [1.54, 1.807) is 0 Å². The number of allylic oxidation sites excluding steroid dienone is 1. The van der Waals surface area contributed by atoms with Crippen LogP contribution < -0.4 is 0 Å². The average Bonchev–Trinajstić information content (AvgIpc) is 1.61. The molecule has 0 aliphatic rings. The highest BCUT2D eigenvalue weighted by Gasteiger charge is 2.55. The van der Waals surface area contributed by atoms with Crippen molar-refractivity contribution < 1.29 is 22.0 Å². The van der Waals surface area contributed by atoms with Crippen molar-refractivity contribution in [1.29, 1.82) is 0 Å². The third kappa shape index (κ3) is 2.13. The van der Waals surface area contributed by atoms with E-state index in [2.05, 4.69) is 11.6 Å². The summed E-state index contributed by atoms with van der Waals surface area (Å²) in [4.78, 5) is 0. The summed E-state index contributed by atoms with van der Waals surface area (Å²) in [5, 5.41) is 0. The molecule has 0 spiro atoms. The van der Waals surface area contributed by atoms with Crippen molar-refractivity contribution in [3.05, 3.63) is 11.6 Å². The van der Waals surface area contributed by atoms with E-state index in [1.165, 1.54) is 0 Å². The van der Waals surface area contributed by atoms with Crippen molar-refractivity contribution in [2.45, 2.75) is 12.1 Å². The van der Waals surface area contributed by atoms with Crippen molar-refractivity contribution in [1.82, 2.24) is 0 Å². The fourth-order valence-corrected chi connectivity index (χ4v) is 0.332. The van der Waals surface area contributed by atoms with Gasteiger partial charge in [0.15, 0.2) is 0 Å². The molecule has 0 saturated carbocycles. The van der Waals surface area contributed by atoms with Crippen molar-refractivity contribution >= 4 is 11.6 Å². The van der Waals surface area contributed by atoms with Crippen LogP contribution in [0.25, 0.3) is 0 Å². The first-order valence-electron chi connectivity index (χ1n) is 2.04. The number of rotatable bonds is 1. The SMILES string of the molecule is FC(F)(F)C(F)(F)/C=C\Cl. The zero-order chi connectivity index (χ0) is 8.41. The van der Waals surface area contributed by atoms with Crippen LogP contribution in [0, 0.1) is 0 Å². The molecule has 10 heavy (non-hydrogen) atoms. The van der Waals surface area contributed by atoms with Crippen LogP contribution in [-0.4, -0.2) is 12.1 Å². The summed E-state index contributed by atoms with van der Waals surface area (Å²) in [7, 11) is 0. The molecule has 0 aliphatic heterocycles. The lowest BCUT2D eigenvalue weighted by atomic mass is 10.3. The van der Waals surface area contributed by atoms with Crippen LogP contribution in [0.2, 0.25) is 0 Å². The lowest BCUT2D eigenvalue weighted by Crippen LogP contribution is -2.33. The van der Waals surface area contributed by atoms with Gasteiger partial charge in [0.2, 0.25) is 0 Å². The van der Waals surface area contributed by atoms with Crippen LogP contribution in [0.15, 0.2) is 11.6 Å². The maximum absolute atomic E-state index is 11.6. The molecule has 0 saturated heterocycles. The van der Waals surface area contributed by atoms with E-state index in [1.807, 2.05) is 0 Å². The highest BCUT2D eigenvalue weighted by molar-refractivity contribution is 6.25. The van der Waals surface area contributed by atoms with Crippen molar-refractivity contribution in [3.8, 4) is 0 Å². The van der Waals surface area contributed by atoms with Gasteiger partial charge in [-0.2, -0.15) is 22.0 Å². The van der Waals surface area contributed by atoms with Crippen LogP contribution in [0.5, 0.6) is 0 Å². The van der Waals surface area contributed by atoms with Gasteiger partial charge in [-0.05, 0) is 0 Å². The number of alkyl halides is 5. The molecule has 0 fully saturated rings. The summed E-state index contributed by atoms with van der Waals surface area (Å²) in [5.41, 5.74) is 0.132. The molecule has 0 aromatic heterocycles. The molecule has 0 heterocycles. The first kappa shape index (κ1) is 9.68. The van der Waals surface area contributed by atoms with Crippen molar-refractivity contribution in [3.63, 3.8) is 0 Å². The number of halogens is 6. The van der Waals surface area contributed by atoms with Crippen LogP contribution in [0.3, 0.4) is 0 Å². The molecule has 0 aromatic rings. The van der Waals surface area contributed by atoms with Gasteiger partial charge in [0.05, 0.1) is 0 Å². The Balaban J connectivity index is 4.40. The molecule has 0 atom stereocenters. The topological polar surface area (TPSA) is 0 Å². The zero-order valence-corrected chi connectivity index (χ0v) is 5.18. The second-order valence-corrected chi connectivity index (χ2v) is 1.67. The van der Waals surface area contributed by atoms with Gasteiger partial charge in [-0.25, -0.2) is 0 Å². The van der Waals surface area contributed by atoms with E-state index in [9.17, 15) is 22.0 Å². The molecule has 0 aliphatic carbocycles. The Bertz CT molecular complexity index is 135. The molecule has 0 radical (unpaired) electrons. The van der Waals surface area contributed by atoms with E-state index in [0.717, 1.165) is 0 Å². The first-order valence-corrected chi connectivity index (χ1v) is 2.47. The predicted octanol–water partition coefficient (Wildman–Crippen LogP) is 2.94. The van der Waals surface area contributed by atoms with Gasteiger partial charge in [0.1, 0.15) is 0 Å². The summed E-state index contributed by atoms with van der Waals surface area (Å²) in [6, 6.07) is 0. The molecule has 0 nitrogen and oxygen atoms in total. The molecule has 0 aromatic carbocycles. The van der Waals surface area contributed by atoms with Gasteiger partial charge in [-0.15, -0.1) is 0 Å². The summed E-state index contributed by atoms with van der Waals surface area (Å²) in [6.07, 6.45) is -5.98. The number of hydrogen-bond acceptors (Lipinski definition) is 0. The Hall–Kier alpha value is -0.320. The van der Waals surface area contributed by atoms with Crippen LogP contribution in [0.4, 0.5) is 22.0 Å². The first-order chi connectivity index (χ1) is 4.31. The van der Waals surface area contributed by atoms with Crippen LogP contribution in [-0.2, 0) is 0 Å². The second-order valence-electron chi connectivity index (χ2n) is 1.41. The fraction of sp³-hybridized carbons (Fsp3) is 0.500. The lowest BCUT2D eigenvalue weighted by molar-refractivity contribution is -0.259. The monoisotopic (exact) mass is 180 g/mol. The third-order valence-corrected chi connectivity index (χ3v) is 0.776. The maximum Gasteiger partial charge on any atom is 0.457 e. The fourth-order valence-electron chi connectivity index (χ4n) is 0.174. The van der Waals surface area contributed by atoms with Gasteiger partial charge in [0.25, 0.3) is 0 Å². The molecular weight excluding hydrogens is 178 g/mol. The molecule has 0 N–H and O–H groups in total. The van der Waals surface area contributed by atoms with Gasteiger partial charge in [-0.3, -0.25) is 0 Å². The van der Waals surface area contributed by atoms with Gasteiger partial charge in [0, 0.05) is 11.6 Å². The van der Waals surface area contributed by atoms with E-state index >= 15 is 0 Å². The normalized spacial score (nSPS) is 14.6. The van der Waals surface area contributed by atoms with Gasteiger partial charge in [-0.1, -0.05) is 11.6 Å². The smallest absolute Gasteiger partial charge is 0.191 e. The zero-order valence-electron chi connectivity index (χ0n) is 4.42. The minimum Gasteiger partial charge on any atom is -0.191 e. The molecule has 0 unspecified atom stereocenters. The summed E-state index contributed by atoms with van der Waals surface area (Å²) >= 11 is 4.53. The predicted molar refractivity (Wildman–Crippen MR) is 26.0 cm³/mol. The number of hydrogen-bond donors (Lipinski definition) is 0. The minimum absolute atomic E-state index is 0.132. The van der Waals surface area contributed by atoms with Gasteiger partial charge < -0.3 is 0 Å². The molecule has 0 rings (SSSR count). The molecule has 0 bridgehead atoms. The van der Waals surface area contributed by atoms with E-state index < -0.39 is 18.2 Å². The van der Waals surface area contributed by atoms with Crippen LogP contribution >= 0.6 is 11.6 Å². The highest BCUT2D eigenvalue weighted by Crippen LogP contribution is 2.36. The summed E-state index contributed by atoms with van der Waals surface area (Å²) < 4.78 is 56.8. The standard InChI is InChI=1S/C4H2ClF5/c5-2-1-3(6,7)4(8,9)10/h1-2H/b2-1-. The summed E-state index contributed by atoms with van der Waals surface area (Å²) in [5.74, 6) is -4.82. The van der Waals surface area contributed by atoms with E-state index in [4.69, 9.17) is 0 Å². The quantitative estimate of drug-likeness (QED) is 0.545. The van der Waals surface area contributed by atoms with E-state index in [0.29, 0.717) is 0 Å². The average molecular weight is 181 g/mol. The van der Waals surface area contributed by atoms with E-state index in [-0.39, 0.29) is 5.54 Å². The molecule has 60 valence electrons. The summed E-state index contributed by atoms with van der Waals surface area (Å²) in [6.45, 7) is 0. The minimum atomic E-state index is -5.56. The Morgan fingerprint density at radius 1 is 1.00 bits per heavy atom. The Labute approximate surface area is 58.3 Å². The van der Waals surface area contributed by atoms with Gasteiger partial charge >= 0.3 is 12.1 Å². The van der Waals surface area contributed by atoms with Crippen molar-refractivity contribution in [2.24, 2.45) is 0 Å². The Morgan fingerprint density at radius 2 is 1.40 bits per heavy atom. The van der Waals surface area contributed by atoms with Crippen molar-refractivity contribution in [2.75, 3.05) is 0 Å². The Kier molecular flexibility index (Phi) is 2.65. The Morgan fingerprint density at radius 3 is 1.50 bits per heavy atom. The largest absolute Gasteiger partial charge is 0.457 e. The van der Waals surface area contributed by atoms with Crippen LogP contribution in [0.1, 0.15) is 0 Å². The molecule has 0 amide bonds. The highest BCUT2D eigenvalue weighted by atomic mass is 35.5. The maximum atomic E-state index is 11.6.